The molecule has 5 nitrogen and oxygen atoms in total. The van der Waals surface area contributed by atoms with E-state index in [1.54, 1.807) is 0 Å². The fraction of sp³-hybridized carbons (Fsp3) is 0.333. The zero-order valence-electron chi connectivity index (χ0n) is 39.6. The van der Waals surface area contributed by atoms with E-state index in [4.69, 9.17) is 9.72 Å². The van der Waals surface area contributed by atoms with Crippen molar-refractivity contribution in [1.29, 1.82) is 0 Å². The van der Waals surface area contributed by atoms with Crippen LogP contribution in [-0.4, -0.2) is 9.55 Å². The van der Waals surface area contributed by atoms with Crippen LogP contribution in [0.25, 0.3) is 38.8 Å². The number of nitrogens with zero attached hydrogens (tertiary/aromatic N) is 4. The van der Waals surface area contributed by atoms with E-state index in [9.17, 15) is 0 Å². The van der Waals surface area contributed by atoms with Crippen LogP contribution < -0.4 is 14.5 Å². The van der Waals surface area contributed by atoms with Crippen molar-refractivity contribution in [2.75, 3.05) is 9.80 Å². The number of para-hydroxylation sites is 1. The molecular weight excluding hydrogens is 952 g/mol. The van der Waals surface area contributed by atoms with Crippen molar-refractivity contribution in [3.8, 4) is 28.4 Å². The molecule has 0 fully saturated rings. The van der Waals surface area contributed by atoms with E-state index in [-0.39, 0.29) is 42.7 Å². The van der Waals surface area contributed by atoms with Gasteiger partial charge in [0.25, 0.3) is 0 Å². The molecule has 0 N–H and O–H groups in total. The predicted molar refractivity (Wildman–Crippen MR) is 262 cm³/mol. The third kappa shape index (κ3) is 9.28. The summed E-state index contributed by atoms with van der Waals surface area (Å²) in [6, 6.07) is 44.6. The van der Waals surface area contributed by atoms with Gasteiger partial charge >= 0.3 is 0 Å². The fourth-order valence-electron chi connectivity index (χ4n) is 8.36. The normalized spacial score (nSPS) is 13.9. The summed E-state index contributed by atoms with van der Waals surface area (Å²) in [6.45, 7) is 34.1. The summed E-state index contributed by atoms with van der Waals surface area (Å²) in [5.74, 6) is 2.41. The second-order valence-electron chi connectivity index (χ2n) is 21.5. The van der Waals surface area contributed by atoms with Crippen LogP contribution in [0.1, 0.15) is 125 Å². The Morgan fingerprint density at radius 1 is 0.619 bits per heavy atom. The number of aromatic nitrogens is 2. The van der Waals surface area contributed by atoms with E-state index >= 15 is 0 Å². The number of fused-ring (bicyclic) bond motifs is 3. The monoisotopic (exact) mass is 1010 g/mol. The van der Waals surface area contributed by atoms with Gasteiger partial charge in [-0.15, -0.1) is 53.6 Å². The third-order valence-corrected chi connectivity index (χ3v) is 12.1. The van der Waals surface area contributed by atoms with Gasteiger partial charge in [0.1, 0.15) is 5.82 Å². The molecule has 63 heavy (non-hydrogen) atoms. The van der Waals surface area contributed by atoms with Gasteiger partial charge in [0.2, 0.25) is 0 Å². The Kier molecular flexibility index (Phi) is 12.2. The maximum atomic E-state index is 6.91. The fourth-order valence-corrected chi connectivity index (χ4v) is 8.36. The summed E-state index contributed by atoms with van der Waals surface area (Å²) < 4.78 is 9.12. The molecule has 0 spiro atoms. The van der Waals surface area contributed by atoms with E-state index in [2.05, 4.69) is 233 Å². The minimum absolute atomic E-state index is 0. The molecule has 1 aliphatic heterocycles. The van der Waals surface area contributed by atoms with Gasteiger partial charge in [0.05, 0.1) is 0 Å². The van der Waals surface area contributed by atoms with Crippen molar-refractivity contribution in [1.82, 2.24) is 9.55 Å². The molecule has 0 unspecified atom stereocenters. The molecule has 0 radical (unpaired) electrons. The van der Waals surface area contributed by atoms with Crippen molar-refractivity contribution in [2.24, 2.45) is 5.41 Å². The first-order valence-electron chi connectivity index (χ1n) is 22.1. The summed E-state index contributed by atoms with van der Waals surface area (Å²) in [4.78, 5) is 9.48. The maximum absolute atomic E-state index is 6.91. The number of rotatable bonds is 7. The molecule has 2 aromatic heterocycles. The van der Waals surface area contributed by atoms with Gasteiger partial charge in [0.15, 0.2) is 0 Å². The van der Waals surface area contributed by atoms with Crippen LogP contribution in [0.4, 0.5) is 11.4 Å². The molecule has 3 heterocycles. The Morgan fingerprint density at radius 3 is 1.92 bits per heavy atom. The number of ether oxygens (including phenoxy) is 1. The van der Waals surface area contributed by atoms with E-state index in [0.29, 0.717) is 17.4 Å². The predicted octanol–water partition coefficient (Wildman–Crippen LogP) is 15.6. The van der Waals surface area contributed by atoms with Gasteiger partial charge in [-0.05, 0) is 91.9 Å². The van der Waals surface area contributed by atoms with E-state index < -0.39 is 0 Å². The number of hydrogen-bond acceptors (Lipinski definition) is 4. The summed E-state index contributed by atoms with van der Waals surface area (Å²) in [7, 11) is 0. The van der Waals surface area contributed by atoms with Crippen LogP contribution >= 0.6 is 0 Å². The van der Waals surface area contributed by atoms with Crippen LogP contribution in [0.5, 0.6) is 11.5 Å². The first-order valence-corrected chi connectivity index (χ1v) is 22.1. The number of allylic oxidation sites excluding steroid dienone is 1. The van der Waals surface area contributed by atoms with Crippen molar-refractivity contribution in [2.45, 2.75) is 119 Å². The molecule has 0 saturated carbocycles. The molecule has 0 atom stereocenters. The first-order chi connectivity index (χ1) is 29.1. The van der Waals surface area contributed by atoms with Gasteiger partial charge in [-0.3, -0.25) is 0 Å². The number of anilines is 2. The Labute approximate surface area is 391 Å². The largest absolute Gasteiger partial charge is 0.509 e. The van der Waals surface area contributed by atoms with E-state index in [1.807, 2.05) is 12.3 Å². The first kappa shape index (κ1) is 45.9. The Bertz CT molecular complexity index is 2800. The summed E-state index contributed by atoms with van der Waals surface area (Å²) in [6.07, 6.45) is 4.18. The number of hydrogen-bond donors (Lipinski definition) is 0. The van der Waals surface area contributed by atoms with E-state index in [0.717, 1.165) is 44.6 Å². The van der Waals surface area contributed by atoms with Gasteiger partial charge in [-0.25, -0.2) is 4.98 Å². The van der Waals surface area contributed by atoms with Crippen molar-refractivity contribution < 1.29 is 25.8 Å². The molecule has 1 aliphatic rings. The van der Waals surface area contributed by atoms with Gasteiger partial charge in [-0.2, -0.15) is 6.07 Å². The SMILES string of the molecule is CC(C)c1ccccc1-c1cc(Oc2[c-]c3c(cc2)c2ccccc2n3-c2cc(C(C)(C)C)ccn2)[c-]c(N2C=C(C(C)(C)C)N(c3cc(C(C)(C)C)cc(C(C)(C)C)c3)[CH-]2)c1.[Pt]. The Hall–Kier alpha value is -5.12. The van der Waals surface area contributed by atoms with Gasteiger partial charge < -0.3 is 19.1 Å². The number of pyridine rings is 1. The minimum Gasteiger partial charge on any atom is -0.509 e. The van der Waals surface area contributed by atoms with Crippen LogP contribution in [0.3, 0.4) is 0 Å². The molecule has 0 aliphatic carbocycles. The maximum Gasteiger partial charge on any atom is 0.135 e. The summed E-state index contributed by atoms with van der Waals surface area (Å²) in [5, 5.41) is 2.24. The Morgan fingerprint density at radius 2 is 1.27 bits per heavy atom. The van der Waals surface area contributed by atoms with Crippen molar-refractivity contribution in [3.63, 3.8) is 0 Å². The summed E-state index contributed by atoms with van der Waals surface area (Å²) >= 11 is 0. The van der Waals surface area contributed by atoms with Crippen molar-refractivity contribution >= 4 is 33.2 Å². The zero-order valence-corrected chi connectivity index (χ0v) is 41.9. The molecule has 6 heteroatoms. The molecule has 0 saturated heterocycles. The topological polar surface area (TPSA) is 33.5 Å². The standard InChI is InChI=1S/C57H63N4O.Pt/c1-37(2)46-19-15-16-20-47(46)38-27-42(59-35-52(57(12,13)14)60(36-59)43-30-40(55(6,7)8)29-41(31-43)56(9,10)11)33-45(28-38)62-44-23-24-49-48-21-17-18-22-50(48)61(51(49)34-44)53-32-39(25-26-58-53)54(3,4)5;/h15-32,35-37H,1-14H3;/q-3;. The average molecular weight is 1020 g/mol. The molecule has 330 valence electrons. The van der Waals surface area contributed by atoms with Crippen LogP contribution in [0.2, 0.25) is 0 Å². The second-order valence-corrected chi connectivity index (χ2v) is 21.5. The minimum atomic E-state index is -0.157. The molecule has 5 aromatic carbocycles. The zero-order chi connectivity index (χ0) is 44.5. The van der Waals surface area contributed by atoms with Crippen LogP contribution in [0.15, 0.2) is 121 Å². The van der Waals surface area contributed by atoms with Crippen LogP contribution in [0, 0.1) is 24.2 Å². The van der Waals surface area contributed by atoms with Crippen molar-refractivity contribution in [3.05, 3.63) is 162 Å². The van der Waals surface area contributed by atoms with E-state index in [1.165, 1.54) is 33.5 Å². The average Bonchev–Trinajstić information content (AvgIpc) is 3.81. The molecular formula is C57H63N4OPt-3. The number of benzene rings is 5. The quantitative estimate of drug-likeness (QED) is 0.149. The molecule has 8 rings (SSSR count). The van der Waals surface area contributed by atoms with Crippen LogP contribution in [-0.2, 0) is 37.3 Å². The second kappa shape index (κ2) is 16.8. The smallest absolute Gasteiger partial charge is 0.135 e. The summed E-state index contributed by atoms with van der Waals surface area (Å²) in [5.41, 5.74) is 12.4. The third-order valence-electron chi connectivity index (χ3n) is 12.1. The molecule has 0 bridgehead atoms. The van der Waals surface area contributed by atoms with Gasteiger partial charge in [-0.1, -0.05) is 151 Å². The Balaban J connectivity index is 0.00000595. The molecule has 7 aromatic rings. The molecule has 0 amide bonds. The van der Waals surface area contributed by atoms with Gasteiger partial charge in [0, 0.05) is 61.1 Å².